The summed E-state index contributed by atoms with van der Waals surface area (Å²) in [5, 5.41) is 9.16. The van der Waals surface area contributed by atoms with Crippen molar-refractivity contribution in [1.29, 1.82) is 0 Å². The van der Waals surface area contributed by atoms with E-state index in [1.165, 1.54) is 22.9 Å². The summed E-state index contributed by atoms with van der Waals surface area (Å²) in [7, 11) is -3.23. The second-order valence-corrected chi connectivity index (χ2v) is 5.22. The third-order valence-corrected chi connectivity index (χ3v) is 3.45. The van der Waals surface area contributed by atoms with Crippen LogP contribution in [0.2, 0.25) is 0 Å². The van der Waals surface area contributed by atoms with Crippen LogP contribution in [0.15, 0.2) is 24.3 Å². The van der Waals surface area contributed by atoms with Gasteiger partial charge in [-0.05, 0) is 12.1 Å². The number of phenols is 1. The van der Waals surface area contributed by atoms with Gasteiger partial charge in [0.05, 0.1) is 5.69 Å². The van der Waals surface area contributed by atoms with Gasteiger partial charge in [0.1, 0.15) is 12.3 Å². The number of alkyl halides is 3. The molecule has 5 nitrogen and oxygen atoms in total. The van der Waals surface area contributed by atoms with Crippen LogP contribution in [0, 0.1) is 0 Å². The van der Waals surface area contributed by atoms with Gasteiger partial charge in [-0.3, -0.25) is 4.31 Å². The van der Waals surface area contributed by atoms with Gasteiger partial charge in [-0.15, -0.1) is 0 Å². The number of halogens is 3. The molecule has 0 saturated carbocycles. The maximum Gasteiger partial charge on any atom is 0.402 e. The summed E-state index contributed by atoms with van der Waals surface area (Å²) < 4.78 is 60.9. The van der Waals surface area contributed by atoms with Crippen LogP contribution in [-0.4, -0.2) is 33.3 Å². The minimum absolute atomic E-state index is 0.0460. The van der Waals surface area contributed by atoms with Crippen molar-refractivity contribution >= 4 is 15.9 Å². The third kappa shape index (κ3) is 4.08. The lowest BCUT2D eigenvalue weighted by atomic mass is 10.3. The molecule has 0 aliphatic heterocycles. The first kappa shape index (κ1) is 14.6. The summed E-state index contributed by atoms with van der Waals surface area (Å²) in [4.78, 5) is 0. The number of nitrogens with one attached hydrogen (secondary N) is 1. The SMILES string of the molecule is CN(c1cccc(O)c1)S(=O)(=O)NCC(F)(F)F. The lowest BCUT2D eigenvalue weighted by Crippen LogP contribution is -2.42. The molecule has 0 saturated heterocycles. The molecule has 0 aromatic heterocycles. The highest BCUT2D eigenvalue weighted by molar-refractivity contribution is 7.90. The Hall–Kier alpha value is -1.48. The molecule has 102 valence electrons. The number of benzene rings is 1. The second kappa shape index (κ2) is 5.02. The molecule has 18 heavy (non-hydrogen) atoms. The molecule has 0 aliphatic carbocycles. The van der Waals surface area contributed by atoms with Gasteiger partial charge in [-0.25, -0.2) is 0 Å². The molecule has 0 unspecified atom stereocenters. The van der Waals surface area contributed by atoms with Gasteiger partial charge in [0, 0.05) is 13.1 Å². The highest BCUT2D eigenvalue weighted by Gasteiger charge is 2.31. The average molecular weight is 284 g/mol. The highest BCUT2D eigenvalue weighted by Crippen LogP contribution is 2.21. The van der Waals surface area contributed by atoms with Gasteiger partial charge in [0.25, 0.3) is 0 Å². The summed E-state index contributed by atoms with van der Waals surface area (Å²) in [6.45, 7) is -1.65. The Balaban J connectivity index is 2.86. The highest BCUT2D eigenvalue weighted by atomic mass is 32.2. The molecule has 1 aromatic rings. The van der Waals surface area contributed by atoms with Crippen LogP contribution in [-0.2, 0) is 10.2 Å². The summed E-state index contributed by atoms with van der Waals surface area (Å²) in [5.41, 5.74) is 0.0460. The number of rotatable bonds is 4. The van der Waals surface area contributed by atoms with E-state index in [0.29, 0.717) is 4.31 Å². The fraction of sp³-hybridized carbons (Fsp3) is 0.333. The Labute approximate surface area is 102 Å². The zero-order chi connectivity index (χ0) is 14.0. The molecule has 0 bridgehead atoms. The Kier molecular flexibility index (Phi) is 4.07. The fourth-order valence-electron chi connectivity index (χ4n) is 1.10. The maximum absolute atomic E-state index is 11.9. The zero-order valence-corrected chi connectivity index (χ0v) is 10.1. The predicted molar refractivity (Wildman–Crippen MR) is 59.5 cm³/mol. The number of hydrogen-bond donors (Lipinski definition) is 2. The van der Waals surface area contributed by atoms with E-state index in [2.05, 4.69) is 0 Å². The Morgan fingerprint density at radius 3 is 2.50 bits per heavy atom. The van der Waals surface area contributed by atoms with Gasteiger partial charge in [-0.2, -0.15) is 26.3 Å². The maximum atomic E-state index is 11.9. The Bertz CT molecular complexity index is 516. The molecule has 1 aromatic carbocycles. The summed E-state index contributed by atoms with van der Waals surface area (Å²) >= 11 is 0. The largest absolute Gasteiger partial charge is 0.508 e. The van der Waals surface area contributed by atoms with Crippen molar-refractivity contribution < 1.29 is 26.7 Å². The Morgan fingerprint density at radius 2 is 2.00 bits per heavy atom. The van der Waals surface area contributed by atoms with Crippen molar-refractivity contribution in [3.8, 4) is 5.75 Å². The van der Waals surface area contributed by atoms with E-state index in [-0.39, 0.29) is 11.4 Å². The van der Waals surface area contributed by atoms with Gasteiger partial charge in [0.15, 0.2) is 0 Å². The fourth-order valence-corrected chi connectivity index (χ4v) is 2.03. The molecule has 2 N–H and O–H groups in total. The van der Waals surface area contributed by atoms with Crippen LogP contribution < -0.4 is 9.03 Å². The molecule has 0 atom stereocenters. The summed E-state index contributed by atoms with van der Waals surface area (Å²) in [6.07, 6.45) is -4.63. The van der Waals surface area contributed by atoms with E-state index >= 15 is 0 Å². The lowest BCUT2D eigenvalue weighted by molar-refractivity contribution is -0.121. The van der Waals surface area contributed by atoms with E-state index in [9.17, 15) is 21.6 Å². The summed E-state index contributed by atoms with van der Waals surface area (Å²) in [6, 6.07) is 5.15. The van der Waals surface area contributed by atoms with Gasteiger partial charge in [-0.1, -0.05) is 6.07 Å². The molecule has 9 heteroatoms. The van der Waals surface area contributed by atoms with Crippen molar-refractivity contribution in [3.63, 3.8) is 0 Å². The first-order valence-corrected chi connectivity index (χ1v) is 6.15. The van der Waals surface area contributed by atoms with Crippen LogP contribution in [0.4, 0.5) is 18.9 Å². The normalized spacial score (nSPS) is 12.4. The first-order chi connectivity index (χ1) is 8.12. The van der Waals surface area contributed by atoms with E-state index in [4.69, 9.17) is 5.11 Å². The quantitative estimate of drug-likeness (QED) is 0.873. The molecule has 0 aliphatic rings. The second-order valence-electron chi connectivity index (χ2n) is 3.43. The smallest absolute Gasteiger partial charge is 0.402 e. The molecule has 0 fully saturated rings. The number of anilines is 1. The molecular formula is C9H11F3N2O3S. The first-order valence-electron chi connectivity index (χ1n) is 4.71. The zero-order valence-electron chi connectivity index (χ0n) is 9.27. The number of hydrogen-bond acceptors (Lipinski definition) is 3. The van der Waals surface area contributed by atoms with Crippen LogP contribution in [0.25, 0.3) is 0 Å². The molecular weight excluding hydrogens is 273 g/mol. The number of nitrogens with zero attached hydrogens (tertiary/aromatic N) is 1. The molecule has 0 radical (unpaired) electrons. The summed E-state index contributed by atoms with van der Waals surface area (Å²) in [5.74, 6) is -0.189. The minimum atomic E-state index is -4.63. The third-order valence-electron chi connectivity index (χ3n) is 2.01. The van der Waals surface area contributed by atoms with E-state index < -0.39 is 22.9 Å². The molecule has 1 rings (SSSR count). The van der Waals surface area contributed by atoms with Crippen molar-refractivity contribution in [3.05, 3.63) is 24.3 Å². The minimum Gasteiger partial charge on any atom is -0.508 e. The van der Waals surface area contributed by atoms with Crippen molar-refractivity contribution in [2.24, 2.45) is 0 Å². The van der Waals surface area contributed by atoms with Crippen LogP contribution in [0.5, 0.6) is 5.75 Å². The van der Waals surface area contributed by atoms with Gasteiger partial charge in [0.2, 0.25) is 0 Å². The van der Waals surface area contributed by atoms with Crippen molar-refractivity contribution in [2.45, 2.75) is 6.18 Å². The van der Waals surface area contributed by atoms with E-state index in [1.807, 2.05) is 0 Å². The monoisotopic (exact) mass is 284 g/mol. The van der Waals surface area contributed by atoms with Crippen molar-refractivity contribution in [1.82, 2.24) is 4.72 Å². The predicted octanol–water partition coefficient (Wildman–Crippen LogP) is 1.23. The van der Waals surface area contributed by atoms with Gasteiger partial charge < -0.3 is 5.11 Å². The van der Waals surface area contributed by atoms with Gasteiger partial charge >= 0.3 is 16.4 Å². The average Bonchev–Trinajstić information content (AvgIpc) is 2.25. The lowest BCUT2D eigenvalue weighted by Gasteiger charge is -2.20. The van der Waals surface area contributed by atoms with Crippen LogP contribution in [0.3, 0.4) is 0 Å². The molecule has 0 amide bonds. The molecule has 0 heterocycles. The van der Waals surface area contributed by atoms with Crippen LogP contribution in [0.1, 0.15) is 0 Å². The number of phenolic OH excluding ortho intramolecular Hbond substituents is 1. The topological polar surface area (TPSA) is 69.6 Å². The van der Waals surface area contributed by atoms with Crippen LogP contribution >= 0.6 is 0 Å². The standard InChI is InChI=1S/C9H11F3N2O3S/c1-14(7-3-2-4-8(15)5-7)18(16,17)13-6-9(10,11)12/h2-5,13,15H,6H2,1H3. The number of aromatic hydroxyl groups is 1. The molecule has 0 spiro atoms. The van der Waals surface area contributed by atoms with E-state index in [1.54, 1.807) is 0 Å². The van der Waals surface area contributed by atoms with E-state index in [0.717, 1.165) is 13.1 Å². The van der Waals surface area contributed by atoms with Crippen molar-refractivity contribution in [2.75, 3.05) is 17.9 Å². The Morgan fingerprint density at radius 1 is 1.39 bits per heavy atom.